The second-order valence-electron chi connectivity index (χ2n) is 7.70. The molecule has 2 rings (SSSR count). The van der Waals surface area contributed by atoms with E-state index in [2.05, 4.69) is 10.3 Å². The van der Waals surface area contributed by atoms with E-state index in [4.69, 9.17) is 9.47 Å². The van der Waals surface area contributed by atoms with Gasteiger partial charge in [-0.3, -0.25) is 15.0 Å². The van der Waals surface area contributed by atoms with Gasteiger partial charge in [0, 0.05) is 18.8 Å². The lowest BCUT2D eigenvalue weighted by molar-refractivity contribution is -0.384. The number of aromatic nitrogens is 1. The molecule has 9 nitrogen and oxygen atoms in total. The highest BCUT2D eigenvalue weighted by Crippen LogP contribution is 2.34. The molecule has 1 fully saturated rings. The first-order valence-corrected chi connectivity index (χ1v) is 8.46. The molecule has 0 unspecified atom stereocenters. The van der Waals surface area contributed by atoms with Crippen LogP contribution in [0.3, 0.4) is 0 Å². The highest BCUT2D eigenvalue weighted by Gasteiger charge is 2.49. The quantitative estimate of drug-likeness (QED) is 0.644. The topological polar surface area (TPSA) is 107 Å². The Kier molecular flexibility index (Phi) is 5.41. The van der Waals surface area contributed by atoms with Crippen LogP contribution in [-0.2, 0) is 9.47 Å². The summed E-state index contributed by atoms with van der Waals surface area (Å²) in [6.07, 6.45) is 0.696. The minimum absolute atomic E-state index is 0.123. The summed E-state index contributed by atoms with van der Waals surface area (Å²) in [5, 5.41) is 14.1. The fourth-order valence-corrected chi connectivity index (χ4v) is 3.00. The van der Waals surface area contributed by atoms with Gasteiger partial charge in [-0.1, -0.05) is 0 Å². The lowest BCUT2D eigenvalue weighted by Gasteiger charge is -2.35. The van der Waals surface area contributed by atoms with Crippen molar-refractivity contribution in [2.45, 2.75) is 65.0 Å². The summed E-state index contributed by atoms with van der Waals surface area (Å²) in [6.45, 7) is 11.1. The number of nitro groups is 1. The Hall–Kier alpha value is -2.42. The number of nitrogens with zero attached hydrogens (tertiary/aromatic N) is 3. The maximum Gasteiger partial charge on any atom is 0.412 e. The number of anilines is 1. The number of carbonyl (C=O) groups excluding carboxylic acids is 1. The zero-order valence-electron chi connectivity index (χ0n) is 16.0. The molecule has 144 valence electrons. The van der Waals surface area contributed by atoms with E-state index in [9.17, 15) is 14.9 Å². The van der Waals surface area contributed by atoms with Crippen molar-refractivity contribution in [1.82, 2.24) is 9.88 Å². The average Bonchev–Trinajstić information content (AvgIpc) is 2.71. The summed E-state index contributed by atoms with van der Waals surface area (Å²) >= 11 is 0. The van der Waals surface area contributed by atoms with E-state index in [1.165, 1.54) is 23.2 Å². The van der Waals surface area contributed by atoms with Crippen molar-refractivity contribution >= 4 is 17.6 Å². The third kappa shape index (κ3) is 4.40. The van der Waals surface area contributed by atoms with E-state index in [-0.39, 0.29) is 30.2 Å². The van der Waals surface area contributed by atoms with Crippen LogP contribution in [0.1, 0.15) is 41.5 Å². The summed E-state index contributed by atoms with van der Waals surface area (Å²) in [6, 6.07) is 2.50. The van der Waals surface area contributed by atoms with Crippen molar-refractivity contribution in [3.8, 4) is 0 Å². The van der Waals surface area contributed by atoms with Gasteiger partial charge in [0.1, 0.15) is 11.3 Å². The number of pyridine rings is 1. The van der Waals surface area contributed by atoms with Crippen molar-refractivity contribution in [2.24, 2.45) is 0 Å². The van der Waals surface area contributed by atoms with Gasteiger partial charge in [-0.2, -0.15) is 0 Å². The minimum atomic E-state index is -0.857. The predicted octanol–water partition coefficient (Wildman–Crippen LogP) is 3.16. The first-order chi connectivity index (χ1) is 11.9. The maximum absolute atomic E-state index is 12.7. The van der Waals surface area contributed by atoms with Gasteiger partial charge in [0.05, 0.1) is 17.1 Å². The number of hydrogen-bond acceptors (Lipinski definition) is 7. The SMILES string of the molecule is C[C@@H]1OC(C)(C)N(C(=O)OC(C)(C)C)[C@@H]1CNc1ncccc1[N+](=O)[O-]. The molecule has 2 heterocycles. The Balaban J connectivity index is 2.20. The number of rotatable bonds is 4. The number of hydrogen-bond donors (Lipinski definition) is 1. The lowest BCUT2D eigenvalue weighted by Crippen LogP contribution is -2.52. The molecule has 0 spiro atoms. The van der Waals surface area contributed by atoms with Gasteiger partial charge >= 0.3 is 11.8 Å². The van der Waals surface area contributed by atoms with Crippen molar-refractivity contribution in [2.75, 3.05) is 11.9 Å². The van der Waals surface area contributed by atoms with Crippen LogP contribution in [0.5, 0.6) is 0 Å². The van der Waals surface area contributed by atoms with Crippen molar-refractivity contribution in [3.63, 3.8) is 0 Å². The molecule has 1 aliphatic heterocycles. The Morgan fingerprint density at radius 2 is 2.15 bits per heavy atom. The molecule has 0 saturated carbocycles. The van der Waals surface area contributed by atoms with Gasteiger partial charge in [0.2, 0.25) is 5.82 Å². The van der Waals surface area contributed by atoms with Crippen LogP contribution in [-0.4, -0.2) is 50.9 Å². The van der Waals surface area contributed by atoms with Crippen LogP contribution in [0.4, 0.5) is 16.3 Å². The van der Waals surface area contributed by atoms with Gasteiger partial charge in [-0.25, -0.2) is 9.78 Å². The molecule has 1 N–H and O–H groups in total. The number of nitrogens with one attached hydrogen (secondary N) is 1. The molecule has 1 amide bonds. The van der Waals surface area contributed by atoms with E-state index < -0.39 is 22.3 Å². The number of ether oxygens (including phenoxy) is 2. The summed E-state index contributed by atoms with van der Waals surface area (Å²) in [5.41, 5.74) is -1.62. The molecule has 0 radical (unpaired) electrons. The molecular formula is C17H26N4O5. The van der Waals surface area contributed by atoms with Gasteiger partial charge < -0.3 is 14.8 Å². The van der Waals surface area contributed by atoms with Gasteiger partial charge in [-0.15, -0.1) is 0 Å². The second kappa shape index (κ2) is 7.06. The van der Waals surface area contributed by atoms with Crippen LogP contribution in [0.15, 0.2) is 18.3 Å². The maximum atomic E-state index is 12.7. The molecule has 1 aromatic rings. The van der Waals surface area contributed by atoms with E-state index >= 15 is 0 Å². The summed E-state index contributed by atoms with van der Waals surface area (Å²) in [7, 11) is 0. The molecule has 26 heavy (non-hydrogen) atoms. The fraction of sp³-hybridized carbons (Fsp3) is 0.647. The fourth-order valence-electron chi connectivity index (χ4n) is 3.00. The molecule has 0 bridgehead atoms. The van der Waals surface area contributed by atoms with Gasteiger partial charge in [0.15, 0.2) is 0 Å². The first-order valence-electron chi connectivity index (χ1n) is 8.46. The number of amides is 1. The Morgan fingerprint density at radius 3 is 2.73 bits per heavy atom. The van der Waals surface area contributed by atoms with E-state index in [0.29, 0.717) is 0 Å². The predicted molar refractivity (Wildman–Crippen MR) is 95.9 cm³/mol. The Labute approximate surface area is 152 Å². The molecule has 0 aromatic carbocycles. The highest BCUT2D eigenvalue weighted by molar-refractivity contribution is 5.70. The monoisotopic (exact) mass is 366 g/mol. The molecular weight excluding hydrogens is 340 g/mol. The van der Waals surface area contributed by atoms with Crippen molar-refractivity contribution in [3.05, 3.63) is 28.4 Å². The standard InChI is InChI=1S/C17H26N4O5/c1-11-13(10-19-14-12(21(23)24)8-7-9-18-14)20(17(5,6)25-11)15(22)26-16(2,3)4/h7-9,11,13H,10H2,1-6H3,(H,18,19)/t11-,13+/m0/s1. The molecule has 9 heteroatoms. The van der Waals surface area contributed by atoms with Crippen LogP contribution in [0, 0.1) is 10.1 Å². The summed E-state index contributed by atoms with van der Waals surface area (Å²) < 4.78 is 11.4. The molecule has 1 aromatic heterocycles. The van der Waals surface area contributed by atoms with Crippen molar-refractivity contribution < 1.29 is 19.2 Å². The summed E-state index contributed by atoms with van der Waals surface area (Å²) in [5.74, 6) is 0.151. The van der Waals surface area contributed by atoms with Crippen LogP contribution in [0.25, 0.3) is 0 Å². The number of carbonyl (C=O) groups is 1. The van der Waals surface area contributed by atoms with E-state index in [0.717, 1.165) is 0 Å². The van der Waals surface area contributed by atoms with Gasteiger partial charge in [0.25, 0.3) is 0 Å². The zero-order chi connectivity index (χ0) is 19.7. The van der Waals surface area contributed by atoms with Crippen LogP contribution >= 0.6 is 0 Å². The van der Waals surface area contributed by atoms with Crippen LogP contribution < -0.4 is 5.32 Å². The van der Waals surface area contributed by atoms with Gasteiger partial charge in [-0.05, 0) is 47.6 Å². The Morgan fingerprint density at radius 1 is 1.50 bits per heavy atom. The first kappa shape index (κ1) is 19.9. The molecule has 0 aliphatic carbocycles. The zero-order valence-corrected chi connectivity index (χ0v) is 16.0. The third-order valence-electron chi connectivity index (χ3n) is 3.98. The van der Waals surface area contributed by atoms with Crippen molar-refractivity contribution in [1.29, 1.82) is 0 Å². The van der Waals surface area contributed by atoms with E-state index in [1.807, 2.05) is 6.92 Å². The lowest BCUT2D eigenvalue weighted by atomic mass is 10.1. The largest absolute Gasteiger partial charge is 0.444 e. The second-order valence-corrected chi connectivity index (χ2v) is 7.70. The minimum Gasteiger partial charge on any atom is -0.444 e. The smallest absolute Gasteiger partial charge is 0.412 e. The van der Waals surface area contributed by atoms with Crippen LogP contribution in [0.2, 0.25) is 0 Å². The highest BCUT2D eigenvalue weighted by atomic mass is 16.6. The normalized spacial score (nSPS) is 22.2. The molecule has 1 aliphatic rings. The summed E-state index contributed by atoms with van der Waals surface area (Å²) in [4.78, 5) is 28.9. The molecule has 2 atom stereocenters. The third-order valence-corrected chi connectivity index (χ3v) is 3.98. The Bertz CT molecular complexity index is 686. The van der Waals surface area contributed by atoms with E-state index in [1.54, 1.807) is 34.6 Å². The molecule has 1 saturated heterocycles. The average molecular weight is 366 g/mol.